The van der Waals surface area contributed by atoms with E-state index in [0.717, 1.165) is 11.4 Å². The predicted octanol–water partition coefficient (Wildman–Crippen LogP) is 0.292. The molecule has 80 valence electrons. The van der Waals surface area contributed by atoms with Crippen LogP contribution < -0.4 is 0 Å². The lowest BCUT2D eigenvalue weighted by Gasteiger charge is -2.00. The highest BCUT2D eigenvalue weighted by Gasteiger charge is 1.99. The Morgan fingerprint density at radius 2 is 2.19 bits per heavy atom. The molecule has 0 spiro atoms. The Hall–Kier alpha value is -1.92. The van der Waals surface area contributed by atoms with E-state index in [2.05, 4.69) is 9.97 Å². The Labute approximate surface area is 92.9 Å². The first-order valence-corrected chi connectivity index (χ1v) is 4.74. The van der Waals surface area contributed by atoms with E-state index >= 15 is 0 Å². The zero-order chi connectivity index (χ0) is 11.4. The fourth-order valence-corrected chi connectivity index (χ4v) is 1.24. The third-order valence-electron chi connectivity index (χ3n) is 2.00. The molecule has 0 aliphatic heterocycles. The third kappa shape index (κ3) is 2.56. The summed E-state index contributed by atoms with van der Waals surface area (Å²) in [5.74, 6) is 2.03. The molecule has 16 heavy (non-hydrogen) atoms. The summed E-state index contributed by atoms with van der Waals surface area (Å²) in [6.07, 6.45) is 8.38. The molecule has 6 heteroatoms. The molecule has 2 N–H and O–H groups in total. The number of aromatic nitrogens is 3. The number of nitrogens with zero attached hydrogens (tertiary/aromatic N) is 3. The van der Waals surface area contributed by atoms with Crippen LogP contribution in [0.15, 0.2) is 43.0 Å². The van der Waals surface area contributed by atoms with E-state index in [-0.39, 0.29) is 0 Å². The van der Waals surface area contributed by atoms with Crippen LogP contribution in [0.3, 0.4) is 0 Å². The maximum Gasteiger partial charge on any atom is 0.480 e. The zero-order valence-corrected chi connectivity index (χ0v) is 8.43. The second-order valence-corrected chi connectivity index (χ2v) is 3.19. The smallest absolute Gasteiger partial charge is 0.424 e. The van der Waals surface area contributed by atoms with Crippen molar-refractivity contribution in [2.45, 2.75) is 0 Å². The SMILES string of the molecule is OB(O)/C=C/c1ccc(-n2ccnc2)nc1. The Balaban J connectivity index is 2.17. The van der Waals surface area contributed by atoms with Gasteiger partial charge in [-0.1, -0.05) is 12.1 Å². The number of pyridine rings is 1. The molecule has 0 aromatic carbocycles. The standard InChI is InChI=1S/C10H10BN3O2/c15-11(16)4-3-9-1-2-10(13-7-9)14-6-5-12-8-14/h1-8,15-16H/b4-3+. The molecular formula is C10H10BN3O2. The average molecular weight is 215 g/mol. The van der Waals surface area contributed by atoms with Gasteiger partial charge in [0.2, 0.25) is 0 Å². The molecule has 0 fully saturated rings. The van der Waals surface area contributed by atoms with Crippen molar-refractivity contribution in [3.05, 3.63) is 48.6 Å². The molecule has 0 aliphatic rings. The van der Waals surface area contributed by atoms with E-state index in [1.807, 2.05) is 12.1 Å². The summed E-state index contributed by atoms with van der Waals surface area (Å²) >= 11 is 0. The average Bonchev–Trinajstić information content (AvgIpc) is 2.80. The zero-order valence-electron chi connectivity index (χ0n) is 8.43. The van der Waals surface area contributed by atoms with Crippen LogP contribution in [0.5, 0.6) is 0 Å². The van der Waals surface area contributed by atoms with E-state index in [1.54, 1.807) is 35.6 Å². The van der Waals surface area contributed by atoms with E-state index in [1.165, 1.54) is 5.98 Å². The van der Waals surface area contributed by atoms with Crippen LogP contribution in [-0.4, -0.2) is 31.7 Å². The fourth-order valence-electron chi connectivity index (χ4n) is 1.24. The molecule has 0 saturated heterocycles. The summed E-state index contributed by atoms with van der Waals surface area (Å²) in [6.45, 7) is 0. The summed E-state index contributed by atoms with van der Waals surface area (Å²) in [6, 6.07) is 3.66. The molecule has 0 radical (unpaired) electrons. The number of hydrogen-bond acceptors (Lipinski definition) is 4. The van der Waals surface area contributed by atoms with E-state index in [4.69, 9.17) is 10.0 Å². The Morgan fingerprint density at radius 3 is 2.75 bits per heavy atom. The van der Waals surface area contributed by atoms with Crippen LogP contribution in [0.4, 0.5) is 0 Å². The molecular weight excluding hydrogens is 205 g/mol. The van der Waals surface area contributed by atoms with Gasteiger partial charge >= 0.3 is 7.12 Å². The molecule has 0 amide bonds. The quantitative estimate of drug-likeness (QED) is 0.722. The summed E-state index contributed by atoms with van der Waals surface area (Å²) in [7, 11) is -1.44. The molecule has 2 aromatic rings. The first kappa shape index (κ1) is 10.6. The number of imidazole rings is 1. The molecule has 0 bridgehead atoms. The second-order valence-electron chi connectivity index (χ2n) is 3.19. The maximum absolute atomic E-state index is 8.65. The Bertz CT molecular complexity index is 465. The lowest BCUT2D eigenvalue weighted by molar-refractivity contribution is 0.424. The lowest BCUT2D eigenvalue weighted by Crippen LogP contribution is -2.05. The lowest BCUT2D eigenvalue weighted by atomic mass is 9.91. The van der Waals surface area contributed by atoms with Crippen LogP contribution in [0.1, 0.15) is 5.56 Å². The molecule has 0 unspecified atom stereocenters. The topological polar surface area (TPSA) is 71.2 Å². The molecule has 0 aliphatic carbocycles. The molecule has 2 heterocycles. The van der Waals surface area contributed by atoms with Gasteiger partial charge in [-0.3, -0.25) is 4.57 Å². The third-order valence-corrected chi connectivity index (χ3v) is 2.00. The van der Waals surface area contributed by atoms with Crippen molar-refractivity contribution in [1.82, 2.24) is 14.5 Å². The highest BCUT2D eigenvalue weighted by molar-refractivity contribution is 6.48. The van der Waals surface area contributed by atoms with Crippen molar-refractivity contribution in [3.63, 3.8) is 0 Å². The highest BCUT2D eigenvalue weighted by Crippen LogP contribution is 2.06. The van der Waals surface area contributed by atoms with Crippen molar-refractivity contribution in [2.24, 2.45) is 0 Å². The van der Waals surface area contributed by atoms with Gasteiger partial charge < -0.3 is 10.0 Å². The number of hydrogen-bond donors (Lipinski definition) is 2. The maximum atomic E-state index is 8.65. The predicted molar refractivity (Wildman–Crippen MR) is 60.6 cm³/mol. The summed E-state index contributed by atoms with van der Waals surface area (Å²) in [5.41, 5.74) is 0.803. The summed E-state index contributed by atoms with van der Waals surface area (Å²) in [4.78, 5) is 8.13. The van der Waals surface area contributed by atoms with Gasteiger partial charge in [-0.2, -0.15) is 0 Å². The summed E-state index contributed by atoms with van der Waals surface area (Å²) in [5, 5.41) is 17.3. The molecule has 5 nitrogen and oxygen atoms in total. The van der Waals surface area contributed by atoms with Gasteiger partial charge in [-0.15, -0.1) is 0 Å². The van der Waals surface area contributed by atoms with Gasteiger partial charge in [-0.05, 0) is 17.7 Å². The van der Waals surface area contributed by atoms with Crippen LogP contribution >= 0.6 is 0 Å². The second kappa shape index (κ2) is 4.74. The highest BCUT2D eigenvalue weighted by atomic mass is 16.4. The first-order valence-electron chi connectivity index (χ1n) is 4.74. The Kier molecular flexibility index (Phi) is 3.14. The molecule has 2 aromatic heterocycles. The molecule has 2 rings (SSSR count). The van der Waals surface area contributed by atoms with Gasteiger partial charge in [0.15, 0.2) is 0 Å². The Morgan fingerprint density at radius 1 is 1.31 bits per heavy atom. The van der Waals surface area contributed by atoms with E-state index in [0.29, 0.717) is 0 Å². The van der Waals surface area contributed by atoms with Gasteiger partial charge in [0.25, 0.3) is 0 Å². The molecule has 0 saturated carbocycles. The van der Waals surface area contributed by atoms with Crippen molar-refractivity contribution in [2.75, 3.05) is 0 Å². The first-order chi connectivity index (χ1) is 7.75. The van der Waals surface area contributed by atoms with Crippen LogP contribution in [0, 0.1) is 0 Å². The van der Waals surface area contributed by atoms with Crippen molar-refractivity contribution in [3.8, 4) is 5.82 Å². The van der Waals surface area contributed by atoms with Crippen LogP contribution in [0.25, 0.3) is 11.9 Å². The van der Waals surface area contributed by atoms with Crippen molar-refractivity contribution < 1.29 is 10.0 Å². The minimum atomic E-state index is -1.44. The molecule has 0 atom stereocenters. The van der Waals surface area contributed by atoms with Gasteiger partial charge in [0, 0.05) is 18.6 Å². The van der Waals surface area contributed by atoms with Crippen LogP contribution in [0.2, 0.25) is 0 Å². The fraction of sp³-hybridized carbons (Fsp3) is 0. The van der Waals surface area contributed by atoms with Crippen molar-refractivity contribution in [1.29, 1.82) is 0 Å². The van der Waals surface area contributed by atoms with E-state index in [9.17, 15) is 0 Å². The minimum absolute atomic E-state index is 0.763. The van der Waals surface area contributed by atoms with Gasteiger partial charge in [-0.25, -0.2) is 9.97 Å². The minimum Gasteiger partial charge on any atom is -0.424 e. The summed E-state index contributed by atoms with van der Waals surface area (Å²) < 4.78 is 1.79. The largest absolute Gasteiger partial charge is 0.480 e. The van der Waals surface area contributed by atoms with Gasteiger partial charge in [0.05, 0.1) is 0 Å². The normalized spacial score (nSPS) is 10.9. The van der Waals surface area contributed by atoms with Gasteiger partial charge in [0.1, 0.15) is 12.1 Å². The number of rotatable bonds is 3. The van der Waals surface area contributed by atoms with E-state index < -0.39 is 7.12 Å². The van der Waals surface area contributed by atoms with Crippen LogP contribution in [-0.2, 0) is 0 Å². The monoisotopic (exact) mass is 215 g/mol. The van der Waals surface area contributed by atoms with Crippen molar-refractivity contribution >= 4 is 13.2 Å².